The van der Waals surface area contributed by atoms with E-state index in [1.54, 1.807) is 0 Å². The van der Waals surface area contributed by atoms with Gasteiger partial charge in [0, 0.05) is 12.4 Å². The summed E-state index contributed by atoms with van der Waals surface area (Å²) in [5.41, 5.74) is 3.06. The highest BCUT2D eigenvalue weighted by molar-refractivity contribution is 7.90. The topological polar surface area (TPSA) is 69.2 Å². The molecule has 0 unspecified atom stereocenters. The number of sulfone groups is 1. The summed E-state index contributed by atoms with van der Waals surface area (Å²) in [6.45, 7) is 1.28. The van der Waals surface area contributed by atoms with Gasteiger partial charge in [0.1, 0.15) is 0 Å². The Bertz CT molecular complexity index is 714. The van der Waals surface area contributed by atoms with Crippen molar-refractivity contribution < 1.29 is 13.2 Å². The van der Waals surface area contributed by atoms with Crippen LogP contribution in [0.15, 0.2) is 41.8 Å². The van der Waals surface area contributed by atoms with Gasteiger partial charge in [-0.15, -0.1) is 0 Å². The molecule has 0 aliphatic carbocycles. The molecule has 1 aromatic carbocycles. The quantitative estimate of drug-likeness (QED) is 0.857. The smallest absolute Gasteiger partial charge is 0.201 e. The second-order valence-corrected chi connectivity index (χ2v) is 6.64. The first-order chi connectivity index (χ1) is 9.65. The molecule has 0 radical (unpaired) electrons. The lowest BCUT2D eigenvalue weighted by molar-refractivity contribution is 0.110. The SMILES string of the molecule is O=S(=O)(Cc1ccc2c(c1)COCC2)c1cnccn1. The summed E-state index contributed by atoms with van der Waals surface area (Å²) < 4.78 is 29.9. The molecule has 104 valence electrons. The third-order valence-electron chi connectivity index (χ3n) is 3.26. The maximum Gasteiger partial charge on any atom is 0.201 e. The molecule has 0 fully saturated rings. The maximum atomic E-state index is 12.2. The van der Waals surface area contributed by atoms with E-state index in [0.717, 1.165) is 24.2 Å². The lowest BCUT2D eigenvalue weighted by atomic mass is 10.0. The Labute approximate surface area is 117 Å². The molecule has 0 bridgehead atoms. The average Bonchev–Trinajstić information content (AvgIpc) is 2.48. The first kappa shape index (κ1) is 13.2. The predicted molar refractivity (Wildman–Crippen MR) is 72.7 cm³/mol. The van der Waals surface area contributed by atoms with Crippen molar-refractivity contribution in [3.63, 3.8) is 0 Å². The molecule has 2 heterocycles. The summed E-state index contributed by atoms with van der Waals surface area (Å²) in [5, 5.41) is 0.00831. The van der Waals surface area contributed by atoms with Gasteiger partial charge in [-0.05, 0) is 23.1 Å². The number of hydrogen-bond acceptors (Lipinski definition) is 5. The minimum atomic E-state index is -3.45. The van der Waals surface area contributed by atoms with Gasteiger partial charge in [0.15, 0.2) is 5.03 Å². The number of benzene rings is 1. The van der Waals surface area contributed by atoms with E-state index in [2.05, 4.69) is 9.97 Å². The highest BCUT2D eigenvalue weighted by Crippen LogP contribution is 2.21. The van der Waals surface area contributed by atoms with E-state index < -0.39 is 9.84 Å². The minimum Gasteiger partial charge on any atom is -0.376 e. The van der Waals surface area contributed by atoms with Crippen LogP contribution in [0.1, 0.15) is 16.7 Å². The molecule has 0 spiro atoms. The molecule has 1 aromatic heterocycles. The number of aromatic nitrogens is 2. The lowest BCUT2D eigenvalue weighted by Gasteiger charge is -2.17. The Morgan fingerprint density at radius 2 is 2.10 bits per heavy atom. The molecule has 2 aromatic rings. The van der Waals surface area contributed by atoms with Gasteiger partial charge < -0.3 is 4.74 Å². The summed E-state index contributed by atoms with van der Waals surface area (Å²) >= 11 is 0. The van der Waals surface area contributed by atoms with Crippen molar-refractivity contribution in [1.82, 2.24) is 9.97 Å². The van der Waals surface area contributed by atoms with Crippen LogP contribution in [-0.2, 0) is 33.4 Å². The highest BCUT2D eigenvalue weighted by Gasteiger charge is 2.18. The zero-order valence-corrected chi connectivity index (χ0v) is 11.6. The molecule has 0 saturated heterocycles. The molecular formula is C14H14N2O3S. The van der Waals surface area contributed by atoms with E-state index in [0.29, 0.717) is 6.61 Å². The normalized spacial score (nSPS) is 14.8. The third-order valence-corrected chi connectivity index (χ3v) is 4.82. The third kappa shape index (κ3) is 2.71. The summed E-state index contributed by atoms with van der Waals surface area (Å²) in [5.74, 6) is -0.0705. The fraction of sp³-hybridized carbons (Fsp3) is 0.286. The Morgan fingerprint density at radius 3 is 2.90 bits per heavy atom. The molecule has 3 rings (SSSR count). The largest absolute Gasteiger partial charge is 0.376 e. The van der Waals surface area contributed by atoms with E-state index in [-0.39, 0.29) is 10.8 Å². The van der Waals surface area contributed by atoms with Gasteiger partial charge in [0.05, 0.1) is 25.2 Å². The summed E-state index contributed by atoms with van der Waals surface area (Å²) in [6, 6.07) is 5.75. The Balaban J connectivity index is 1.88. The second-order valence-electron chi connectivity index (χ2n) is 4.71. The van der Waals surface area contributed by atoms with Gasteiger partial charge in [-0.3, -0.25) is 4.98 Å². The molecule has 20 heavy (non-hydrogen) atoms. The van der Waals surface area contributed by atoms with Crippen molar-refractivity contribution in [2.24, 2.45) is 0 Å². The molecular weight excluding hydrogens is 276 g/mol. The van der Waals surface area contributed by atoms with Gasteiger partial charge in [0.2, 0.25) is 9.84 Å². The number of nitrogens with zero attached hydrogens (tertiary/aromatic N) is 2. The maximum absolute atomic E-state index is 12.2. The van der Waals surface area contributed by atoms with Crippen LogP contribution in [0, 0.1) is 0 Å². The molecule has 0 N–H and O–H groups in total. The van der Waals surface area contributed by atoms with Gasteiger partial charge >= 0.3 is 0 Å². The van der Waals surface area contributed by atoms with E-state index in [1.807, 2.05) is 18.2 Å². The predicted octanol–water partition coefficient (Wildman–Crippen LogP) is 1.52. The zero-order chi connectivity index (χ0) is 14.0. The molecule has 1 aliphatic heterocycles. The number of hydrogen-bond donors (Lipinski definition) is 0. The Hall–Kier alpha value is -1.79. The van der Waals surface area contributed by atoms with Crippen molar-refractivity contribution in [3.8, 4) is 0 Å². The van der Waals surface area contributed by atoms with E-state index >= 15 is 0 Å². The van der Waals surface area contributed by atoms with Crippen LogP contribution >= 0.6 is 0 Å². The Kier molecular flexibility index (Phi) is 3.50. The van der Waals surface area contributed by atoms with Crippen LogP contribution in [0.25, 0.3) is 0 Å². The van der Waals surface area contributed by atoms with Crippen molar-refractivity contribution >= 4 is 9.84 Å². The number of fused-ring (bicyclic) bond motifs is 1. The van der Waals surface area contributed by atoms with Crippen molar-refractivity contribution in [3.05, 3.63) is 53.5 Å². The zero-order valence-electron chi connectivity index (χ0n) is 10.8. The first-order valence-electron chi connectivity index (χ1n) is 6.32. The molecule has 5 nitrogen and oxygen atoms in total. The van der Waals surface area contributed by atoms with Crippen LogP contribution in [0.5, 0.6) is 0 Å². The van der Waals surface area contributed by atoms with Gasteiger partial charge in [-0.1, -0.05) is 18.2 Å². The van der Waals surface area contributed by atoms with E-state index in [1.165, 1.54) is 24.2 Å². The first-order valence-corrected chi connectivity index (χ1v) is 7.97. The van der Waals surface area contributed by atoms with Crippen LogP contribution < -0.4 is 0 Å². The van der Waals surface area contributed by atoms with E-state index in [4.69, 9.17) is 4.74 Å². The van der Waals surface area contributed by atoms with Gasteiger partial charge in [-0.2, -0.15) is 0 Å². The Morgan fingerprint density at radius 1 is 1.20 bits per heavy atom. The minimum absolute atomic E-state index is 0.00831. The standard InChI is InChI=1S/C14H14N2O3S/c17-20(18,14-8-15-4-5-16-14)10-11-1-2-12-3-6-19-9-13(12)7-11/h1-2,4-5,7-8H,3,6,9-10H2. The summed E-state index contributed by atoms with van der Waals surface area (Å²) in [6.07, 6.45) is 4.99. The van der Waals surface area contributed by atoms with Crippen LogP contribution in [0.3, 0.4) is 0 Å². The average molecular weight is 290 g/mol. The highest BCUT2D eigenvalue weighted by atomic mass is 32.2. The lowest BCUT2D eigenvalue weighted by Crippen LogP contribution is -2.12. The van der Waals surface area contributed by atoms with E-state index in [9.17, 15) is 8.42 Å². The number of ether oxygens (including phenoxy) is 1. The molecule has 1 aliphatic rings. The second kappa shape index (κ2) is 5.30. The van der Waals surface area contributed by atoms with Gasteiger partial charge in [0.25, 0.3) is 0 Å². The fourth-order valence-corrected chi connectivity index (χ4v) is 3.46. The molecule has 6 heteroatoms. The van der Waals surface area contributed by atoms with Crippen molar-refractivity contribution in [1.29, 1.82) is 0 Å². The van der Waals surface area contributed by atoms with Crippen LogP contribution in [0.4, 0.5) is 0 Å². The van der Waals surface area contributed by atoms with Gasteiger partial charge in [-0.25, -0.2) is 13.4 Å². The molecule has 0 saturated carbocycles. The summed E-state index contributed by atoms with van der Waals surface area (Å²) in [7, 11) is -3.45. The van der Waals surface area contributed by atoms with Crippen molar-refractivity contribution in [2.45, 2.75) is 23.8 Å². The molecule has 0 amide bonds. The van der Waals surface area contributed by atoms with Crippen LogP contribution in [-0.4, -0.2) is 25.0 Å². The fourth-order valence-electron chi connectivity index (χ4n) is 2.25. The van der Waals surface area contributed by atoms with Crippen LogP contribution in [0.2, 0.25) is 0 Å². The summed E-state index contributed by atoms with van der Waals surface area (Å²) in [4.78, 5) is 7.66. The monoisotopic (exact) mass is 290 g/mol. The number of rotatable bonds is 3. The van der Waals surface area contributed by atoms with Crippen molar-refractivity contribution in [2.75, 3.05) is 6.61 Å². The molecule has 0 atom stereocenters.